The van der Waals surface area contributed by atoms with Crippen molar-refractivity contribution in [1.29, 1.82) is 0 Å². The predicted molar refractivity (Wildman–Crippen MR) is 86.8 cm³/mol. The number of hydrogen-bond acceptors (Lipinski definition) is 3. The molecule has 1 aromatic carbocycles. The van der Waals surface area contributed by atoms with Crippen LogP contribution in [-0.2, 0) is 16.1 Å². The lowest BCUT2D eigenvalue weighted by molar-refractivity contribution is -0.133. The van der Waals surface area contributed by atoms with Gasteiger partial charge < -0.3 is 15.0 Å². The van der Waals surface area contributed by atoms with Crippen LogP contribution in [0.3, 0.4) is 0 Å². The highest BCUT2D eigenvalue weighted by molar-refractivity contribution is 5.80. The lowest BCUT2D eigenvalue weighted by Gasteiger charge is -2.22. The van der Waals surface area contributed by atoms with Gasteiger partial charge in [-0.2, -0.15) is 0 Å². The molecule has 3 rings (SSSR count). The fourth-order valence-corrected chi connectivity index (χ4v) is 3.03. The molecule has 1 N–H and O–H groups in total. The number of halogens is 1. The standard InChI is InChI=1S/C18H21FN2O3/c19-15-6-7-16-14(10-15)11-21(17(22)12-24-16)9-8-20-18(23)13-4-2-1-3-5-13/h1-2,6-7,10,13H,3-5,8-9,11-12H2,(H,20,23)/t13-/m0/s1. The Hall–Kier alpha value is -2.37. The van der Waals surface area contributed by atoms with Crippen molar-refractivity contribution in [1.82, 2.24) is 10.2 Å². The number of carbonyl (C=O) groups excluding carboxylic acids is 2. The lowest BCUT2D eigenvalue weighted by Crippen LogP contribution is -2.40. The second-order valence-corrected chi connectivity index (χ2v) is 6.13. The van der Waals surface area contributed by atoms with Crippen molar-refractivity contribution >= 4 is 11.8 Å². The molecule has 2 amide bonds. The van der Waals surface area contributed by atoms with Crippen LogP contribution in [0.4, 0.5) is 4.39 Å². The molecule has 1 aromatic rings. The highest BCUT2D eigenvalue weighted by Crippen LogP contribution is 2.24. The van der Waals surface area contributed by atoms with Gasteiger partial charge in [0.05, 0.1) is 0 Å². The number of hydrogen-bond donors (Lipinski definition) is 1. The van der Waals surface area contributed by atoms with Crippen molar-refractivity contribution in [2.45, 2.75) is 25.8 Å². The van der Waals surface area contributed by atoms with E-state index in [2.05, 4.69) is 11.4 Å². The third-order valence-electron chi connectivity index (χ3n) is 4.41. The molecule has 0 spiro atoms. The molecule has 0 saturated carbocycles. The van der Waals surface area contributed by atoms with Crippen LogP contribution in [0, 0.1) is 11.7 Å². The van der Waals surface area contributed by atoms with Crippen LogP contribution >= 0.6 is 0 Å². The molecule has 5 nitrogen and oxygen atoms in total. The maximum absolute atomic E-state index is 13.4. The van der Waals surface area contributed by atoms with E-state index in [0.717, 1.165) is 19.3 Å². The van der Waals surface area contributed by atoms with E-state index in [1.54, 1.807) is 11.0 Å². The van der Waals surface area contributed by atoms with E-state index in [0.29, 0.717) is 24.4 Å². The smallest absolute Gasteiger partial charge is 0.260 e. The van der Waals surface area contributed by atoms with Crippen molar-refractivity contribution in [3.63, 3.8) is 0 Å². The van der Waals surface area contributed by atoms with Crippen LogP contribution in [-0.4, -0.2) is 36.4 Å². The maximum atomic E-state index is 13.4. The number of carbonyl (C=O) groups is 2. The highest BCUT2D eigenvalue weighted by Gasteiger charge is 2.23. The van der Waals surface area contributed by atoms with Crippen LogP contribution in [0.2, 0.25) is 0 Å². The minimum Gasteiger partial charge on any atom is -0.483 e. The van der Waals surface area contributed by atoms with Gasteiger partial charge >= 0.3 is 0 Å². The Morgan fingerprint density at radius 1 is 1.38 bits per heavy atom. The van der Waals surface area contributed by atoms with Gasteiger partial charge in [0.15, 0.2) is 6.61 Å². The first-order chi connectivity index (χ1) is 11.6. The summed E-state index contributed by atoms with van der Waals surface area (Å²) in [6.07, 6.45) is 6.70. The third kappa shape index (κ3) is 3.93. The number of nitrogens with zero attached hydrogens (tertiary/aromatic N) is 1. The Balaban J connectivity index is 1.55. The van der Waals surface area contributed by atoms with E-state index in [-0.39, 0.29) is 36.7 Å². The molecular weight excluding hydrogens is 311 g/mol. The minimum atomic E-state index is -0.356. The SMILES string of the molecule is O=C(NCCN1Cc2cc(F)ccc2OCC1=O)[C@H]1CC=CCC1. The number of fused-ring (bicyclic) bond motifs is 1. The van der Waals surface area contributed by atoms with Gasteiger partial charge in [0.25, 0.3) is 5.91 Å². The van der Waals surface area contributed by atoms with Crippen LogP contribution in [0.15, 0.2) is 30.4 Å². The van der Waals surface area contributed by atoms with Gasteiger partial charge in [0.2, 0.25) is 5.91 Å². The summed E-state index contributed by atoms with van der Waals surface area (Å²) in [5, 5.41) is 2.89. The van der Waals surface area contributed by atoms with Gasteiger partial charge in [-0.05, 0) is 37.5 Å². The topological polar surface area (TPSA) is 58.6 Å². The molecule has 0 saturated heterocycles. The monoisotopic (exact) mass is 332 g/mol. The number of allylic oxidation sites excluding steroid dienone is 2. The number of rotatable bonds is 4. The summed E-state index contributed by atoms with van der Waals surface area (Å²) in [6, 6.07) is 4.24. The number of benzene rings is 1. The van der Waals surface area contributed by atoms with Gasteiger partial charge in [-0.1, -0.05) is 12.2 Å². The second-order valence-electron chi connectivity index (χ2n) is 6.13. The summed E-state index contributed by atoms with van der Waals surface area (Å²) in [7, 11) is 0. The summed E-state index contributed by atoms with van der Waals surface area (Å²) in [5.41, 5.74) is 0.643. The Morgan fingerprint density at radius 3 is 3.04 bits per heavy atom. The minimum absolute atomic E-state index is 0.0213. The van der Waals surface area contributed by atoms with Crippen molar-refractivity contribution in [2.75, 3.05) is 19.7 Å². The van der Waals surface area contributed by atoms with E-state index < -0.39 is 0 Å². The van der Waals surface area contributed by atoms with Crippen molar-refractivity contribution in [2.24, 2.45) is 5.92 Å². The molecule has 0 unspecified atom stereocenters. The first kappa shape index (κ1) is 16.5. The van der Waals surface area contributed by atoms with E-state index in [4.69, 9.17) is 4.74 Å². The Kier molecular flexibility index (Phi) is 5.13. The maximum Gasteiger partial charge on any atom is 0.260 e. The summed E-state index contributed by atoms with van der Waals surface area (Å²) >= 11 is 0. The van der Waals surface area contributed by atoms with Gasteiger partial charge in [-0.3, -0.25) is 9.59 Å². The molecular formula is C18H21FN2O3. The van der Waals surface area contributed by atoms with Gasteiger partial charge in [-0.15, -0.1) is 0 Å². The number of amides is 2. The van der Waals surface area contributed by atoms with E-state index in [1.165, 1.54) is 12.1 Å². The van der Waals surface area contributed by atoms with Crippen molar-refractivity contribution in [3.05, 3.63) is 41.7 Å². The van der Waals surface area contributed by atoms with E-state index in [1.807, 2.05) is 6.08 Å². The fraction of sp³-hybridized carbons (Fsp3) is 0.444. The quantitative estimate of drug-likeness (QED) is 0.858. The molecule has 6 heteroatoms. The second kappa shape index (κ2) is 7.47. The molecule has 1 aliphatic carbocycles. The zero-order valence-electron chi connectivity index (χ0n) is 13.5. The molecule has 0 aromatic heterocycles. The van der Waals surface area contributed by atoms with Crippen LogP contribution in [0.1, 0.15) is 24.8 Å². The lowest BCUT2D eigenvalue weighted by atomic mass is 9.94. The first-order valence-corrected chi connectivity index (χ1v) is 8.25. The number of ether oxygens (including phenoxy) is 1. The normalized spacial score (nSPS) is 20.1. The zero-order valence-corrected chi connectivity index (χ0v) is 13.5. The first-order valence-electron chi connectivity index (χ1n) is 8.25. The highest BCUT2D eigenvalue weighted by atomic mass is 19.1. The van der Waals surface area contributed by atoms with E-state index >= 15 is 0 Å². The predicted octanol–water partition coefficient (Wildman–Crippen LogP) is 2.02. The molecule has 2 aliphatic rings. The van der Waals surface area contributed by atoms with Gasteiger partial charge in [0.1, 0.15) is 11.6 Å². The van der Waals surface area contributed by atoms with E-state index in [9.17, 15) is 14.0 Å². The Bertz CT molecular complexity index is 660. The van der Waals surface area contributed by atoms with Crippen LogP contribution < -0.4 is 10.1 Å². The van der Waals surface area contributed by atoms with Crippen LogP contribution in [0.25, 0.3) is 0 Å². The third-order valence-corrected chi connectivity index (χ3v) is 4.41. The Morgan fingerprint density at radius 2 is 2.25 bits per heavy atom. The molecule has 0 fully saturated rings. The van der Waals surface area contributed by atoms with Crippen LogP contribution in [0.5, 0.6) is 5.75 Å². The summed E-state index contributed by atoms with van der Waals surface area (Å²) in [5.74, 6) is 0.0642. The Labute approximate surface area is 140 Å². The zero-order chi connectivity index (χ0) is 16.9. The average molecular weight is 332 g/mol. The number of nitrogens with one attached hydrogen (secondary N) is 1. The van der Waals surface area contributed by atoms with Gasteiger partial charge in [0, 0.05) is 31.1 Å². The van der Waals surface area contributed by atoms with Crippen molar-refractivity contribution < 1.29 is 18.7 Å². The molecule has 1 aliphatic heterocycles. The van der Waals surface area contributed by atoms with Crippen molar-refractivity contribution in [3.8, 4) is 5.75 Å². The summed E-state index contributed by atoms with van der Waals surface area (Å²) < 4.78 is 18.8. The fourth-order valence-electron chi connectivity index (χ4n) is 3.03. The molecule has 128 valence electrons. The van der Waals surface area contributed by atoms with Gasteiger partial charge in [-0.25, -0.2) is 4.39 Å². The average Bonchev–Trinajstić information content (AvgIpc) is 2.75. The summed E-state index contributed by atoms with van der Waals surface area (Å²) in [6.45, 7) is 0.982. The molecule has 1 atom stereocenters. The molecule has 0 radical (unpaired) electrons. The molecule has 0 bridgehead atoms. The largest absolute Gasteiger partial charge is 0.483 e. The summed E-state index contributed by atoms with van der Waals surface area (Å²) in [4.78, 5) is 25.8. The molecule has 1 heterocycles. The molecule has 24 heavy (non-hydrogen) atoms.